The lowest BCUT2D eigenvalue weighted by molar-refractivity contribution is 0.0219. The van der Waals surface area contributed by atoms with E-state index in [9.17, 15) is 0 Å². The molecule has 3 heterocycles. The number of nitrogens with one attached hydrogen (secondary N) is 1. The minimum absolute atomic E-state index is 0.0201. The van der Waals surface area contributed by atoms with Crippen molar-refractivity contribution in [2.45, 2.75) is 6.23 Å². The number of nitrogens with zero attached hydrogens (tertiary/aromatic N) is 3. The molecular formula is C11H14N4O2. The quantitative estimate of drug-likeness (QED) is 0.821. The Hall–Kier alpha value is -1.66. The number of pyridine rings is 1. The minimum Gasteiger partial charge on any atom is -0.422 e. The summed E-state index contributed by atoms with van der Waals surface area (Å²) in [6.07, 6.45) is 1.73. The van der Waals surface area contributed by atoms with E-state index in [1.54, 1.807) is 6.20 Å². The number of hydrogen-bond donors (Lipinski definition) is 1. The topological polar surface area (TPSA) is 63.4 Å². The van der Waals surface area contributed by atoms with Crippen molar-refractivity contribution in [3.63, 3.8) is 0 Å². The van der Waals surface area contributed by atoms with Crippen molar-refractivity contribution in [2.24, 2.45) is 0 Å². The Labute approximate surface area is 98.6 Å². The fraction of sp³-hybridized carbons (Fsp3) is 0.455. The molecule has 1 fully saturated rings. The van der Waals surface area contributed by atoms with Crippen LogP contribution in [0.25, 0.3) is 11.2 Å². The van der Waals surface area contributed by atoms with Crippen molar-refractivity contribution in [3.05, 3.63) is 18.3 Å². The molecule has 0 spiro atoms. The Kier molecular flexibility index (Phi) is 2.66. The molecule has 1 aliphatic heterocycles. The van der Waals surface area contributed by atoms with Crippen molar-refractivity contribution in [2.75, 3.05) is 31.6 Å². The maximum absolute atomic E-state index is 5.67. The first-order chi connectivity index (χ1) is 8.36. The van der Waals surface area contributed by atoms with E-state index in [4.69, 9.17) is 9.15 Å². The highest BCUT2D eigenvalue weighted by molar-refractivity contribution is 5.69. The van der Waals surface area contributed by atoms with E-state index in [1.807, 2.05) is 19.2 Å². The zero-order valence-electron chi connectivity index (χ0n) is 9.59. The molecule has 2 aromatic rings. The van der Waals surface area contributed by atoms with Crippen molar-refractivity contribution in [1.29, 1.82) is 0 Å². The van der Waals surface area contributed by atoms with E-state index in [2.05, 4.69) is 20.2 Å². The van der Waals surface area contributed by atoms with Gasteiger partial charge in [-0.25, -0.2) is 4.98 Å². The number of anilines is 1. The Bertz CT molecular complexity index is 480. The third kappa shape index (κ3) is 1.96. The number of rotatable bonds is 2. The standard InChI is InChI=1S/C11H14N4O2/c1-12-9-7-15(5-6-16-9)11-14-10-8(17-11)3-2-4-13-10/h2-4,9,12H,5-7H2,1H3. The summed E-state index contributed by atoms with van der Waals surface area (Å²) in [5.74, 6) is 0. The van der Waals surface area contributed by atoms with Gasteiger partial charge in [-0.3, -0.25) is 5.32 Å². The monoisotopic (exact) mass is 234 g/mol. The molecule has 1 unspecified atom stereocenters. The average Bonchev–Trinajstić information content (AvgIpc) is 2.82. The van der Waals surface area contributed by atoms with Crippen LogP contribution in [0.15, 0.2) is 22.7 Å². The molecule has 17 heavy (non-hydrogen) atoms. The maximum atomic E-state index is 5.67. The Morgan fingerprint density at radius 3 is 3.29 bits per heavy atom. The van der Waals surface area contributed by atoms with Crippen LogP contribution in [0.1, 0.15) is 0 Å². The molecule has 1 aliphatic rings. The summed E-state index contributed by atoms with van der Waals surface area (Å²) in [6, 6.07) is 4.32. The van der Waals surface area contributed by atoms with E-state index in [1.165, 1.54) is 0 Å². The molecule has 6 heteroatoms. The van der Waals surface area contributed by atoms with Gasteiger partial charge >= 0.3 is 0 Å². The third-order valence-corrected chi connectivity index (χ3v) is 2.81. The predicted octanol–water partition coefficient (Wildman–Crippen LogP) is 0.605. The molecule has 1 atom stereocenters. The van der Waals surface area contributed by atoms with Crippen molar-refractivity contribution in [1.82, 2.24) is 15.3 Å². The summed E-state index contributed by atoms with van der Waals surface area (Å²) in [7, 11) is 1.88. The summed E-state index contributed by atoms with van der Waals surface area (Å²) in [4.78, 5) is 10.6. The van der Waals surface area contributed by atoms with E-state index < -0.39 is 0 Å². The first-order valence-corrected chi connectivity index (χ1v) is 5.62. The Balaban J connectivity index is 1.87. The van der Waals surface area contributed by atoms with Gasteiger partial charge in [0.25, 0.3) is 6.01 Å². The maximum Gasteiger partial charge on any atom is 0.300 e. The van der Waals surface area contributed by atoms with Crippen LogP contribution in [-0.4, -0.2) is 42.9 Å². The average molecular weight is 234 g/mol. The molecule has 1 saturated heterocycles. The third-order valence-electron chi connectivity index (χ3n) is 2.81. The van der Waals surface area contributed by atoms with Gasteiger partial charge in [0, 0.05) is 12.7 Å². The van der Waals surface area contributed by atoms with Crippen LogP contribution < -0.4 is 10.2 Å². The zero-order chi connectivity index (χ0) is 11.7. The van der Waals surface area contributed by atoms with Gasteiger partial charge in [0.05, 0.1) is 13.2 Å². The van der Waals surface area contributed by atoms with Gasteiger partial charge in [-0.1, -0.05) is 0 Å². The van der Waals surface area contributed by atoms with Crippen LogP contribution >= 0.6 is 0 Å². The number of ether oxygens (including phenoxy) is 1. The van der Waals surface area contributed by atoms with Crippen molar-refractivity contribution in [3.8, 4) is 0 Å². The SMILES string of the molecule is CNC1CN(c2nc3ncccc3o2)CCO1. The first kappa shape index (κ1) is 10.5. The summed E-state index contributed by atoms with van der Waals surface area (Å²) >= 11 is 0. The molecule has 0 bridgehead atoms. The highest BCUT2D eigenvalue weighted by Gasteiger charge is 2.22. The van der Waals surface area contributed by atoms with Gasteiger partial charge in [0.15, 0.2) is 5.58 Å². The molecule has 6 nitrogen and oxygen atoms in total. The van der Waals surface area contributed by atoms with E-state index in [-0.39, 0.29) is 6.23 Å². The van der Waals surface area contributed by atoms with Gasteiger partial charge in [-0.05, 0) is 19.2 Å². The van der Waals surface area contributed by atoms with Crippen LogP contribution in [0.2, 0.25) is 0 Å². The summed E-state index contributed by atoms with van der Waals surface area (Å²) in [5, 5.41) is 3.09. The zero-order valence-corrected chi connectivity index (χ0v) is 9.59. The van der Waals surface area contributed by atoms with Gasteiger partial charge in [-0.15, -0.1) is 0 Å². The second-order valence-electron chi connectivity index (χ2n) is 3.92. The fourth-order valence-electron chi connectivity index (χ4n) is 1.89. The molecule has 0 aromatic carbocycles. The smallest absolute Gasteiger partial charge is 0.300 e. The lowest BCUT2D eigenvalue weighted by Crippen LogP contribution is -2.48. The molecule has 0 aliphatic carbocycles. The number of fused-ring (bicyclic) bond motifs is 1. The highest BCUT2D eigenvalue weighted by atomic mass is 16.5. The van der Waals surface area contributed by atoms with Gasteiger partial charge in [0.1, 0.15) is 6.23 Å². The van der Waals surface area contributed by atoms with E-state index in [0.717, 1.165) is 18.7 Å². The van der Waals surface area contributed by atoms with Crippen LogP contribution in [0.4, 0.5) is 6.01 Å². The molecule has 1 N–H and O–H groups in total. The number of likely N-dealkylation sites (N-methyl/N-ethyl adjacent to an activating group) is 1. The summed E-state index contributed by atoms with van der Waals surface area (Å²) in [5.41, 5.74) is 1.37. The molecule has 0 amide bonds. The highest BCUT2D eigenvalue weighted by Crippen LogP contribution is 2.21. The van der Waals surface area contributed by atoms with Crippen molar-refractivity contribution >= 4 is 17.2 Å². The lowest BCUT2D eigenvalue weighted by atomic mass is 10.4. The largest absolute Gasteiger partial charge is 0.422 e. The second-order valence-corrected chi connectivity index (χ2v) is 3.92. The normalized spacial score (nSPS) is 21.0. The van der Waals surface area contributed by atoms with Crippen LogP contribution in [0, 0.1) is 0 Å². The molecule has 0 radical (unpaired) electrons. The molecular weight excluding hydrogens is 220 g/mol. The predicted molar refractivity (Wildman–Crippen MR) is 62.8 cm³/mol. The van der Waals surface area contributed by atoms with E-state index >= 15 is 0 Å². The van der Waals surface area contributed by atoms with Crippen LogP contribution in [0.3, 0.4) is 0 Å². The molecule has 90 valence electrons. The summed E-state index contributed by atoms with van der Waals surface area (Å²) < 4.78 is 11.2. The molecule has 0 saturated carbocycles. The first-order valence-electron chi connectivity index (χ1n) is 5.62. The van der Waals surface area contributed by atoms with Crippen LogP contribution in [-0.2, 0) is 4.74 Å². The van der Waals surface area contributed by atoms with Crippen molar-refractivity contribution < 1.29 is 9.15 Å². The lowest BCUT2D eigenvalue weighted by Gasteiger charge is -2.31. The number of morpholine rings is 1. The fourth-order valence-corrected chi connectivity index (χ4v) is 1.89. The summed E-state index contributed by atoms with van der Waals surface area (Å²) in [6.45, 7) is 2.17. The second kappa shape index (κ2) is 4.31. The number of oxazole rings is 1. The van der Waals surface area contributed by atoms with Gasteiger partial charge < -0.3 is 14.1 Å². The number of hydrogen-bond acceptors (Lipinski definition) is 6. The molecule has 2 aromatic heterocycles. The Morgan fingerprint density at radius 2 is 2.47 bits per heavy atom. The molecule has 3 rings (SSSR count). The van der Waals surface area contributed by atoms with Gasteiger partial charge in [-0.2, -0.15) is 4.98 Å². The van der Waals surface area contributed by atoms with Crippen LogP contribution in [0.5, 0.6) is 0 Å². The van der Waals surface area contributed by atoms with Gasteiger partial charge in [0.2, 0.25) is 5.65 Å². The number of aromatic nitrogens is 2. The Morgan fingerprint density at radius 1 is 1.53 bits per heavy atom. The minimum atomic E-state index is 0.0201. The van der Waals surface area contributed by atoms with E-state index in [0.29, 0.717) is 18.3 Å².